The first-order valence-electron chi connectivity index (χ1n) is 13.0. The number of nitrogens with zero attached hydrogens (tertiary/aromatic N) is 3. The third kappa shape index (κ3) is 7.29. The van der Waals surface area contributed by atoms with Gasteiger partial charge < -0.3 is 10.1 Å². The molecule has 0 bridgehead atoms. The number of sulfone groups is 1. The fourth-order valence-electron chi connectivity index (χ4n) is 4.91. The van der Waals surface area contributed by atoms with Crippen molar-refractivity contribution in [2.75, 3.05) is 12.8 Å². The van der Waals surface area contributed by atoms with Gasteiger partial charge in [-0.3, -0.25) is 9.48 Å². The van der Waals surface area contributed by atoms with Gasteiger partial charge in [0.15, 0.2) is 5.69 Å². The van der Waals surface area contributed by atoms with Crippen molar-refractivity contribution >= 4 is 15.7 Å². The van der Waals surface area contributed by atoms with E-state index in [1.165, 1.54) is 23.1 Å². The van der Waals surface area contributed by atoms with E-state index in [-0.39, 0.29) is 40.4 Å². The highest BCUT2D eigenvalue weighted by Crippen LogP contribution is 2.41. The predicted octanol–water partition coefficient (Wildman–Crippen LogP) is 5.34. The third-order valence-electron chi connectivity index (χ3n) is 7.42. The Morgan fingerprint density at radius 1 is 1.18 bits per heavy atom. The minimum absolute atomic E-state index is 0.0620. The molecule has 0 saturated heterocycles. The molecule has 1 N–H and O–H groups in total. The third-order valence-corrected chi connectivity index (χ3v) is 9.10. The van der Waals surface area contributed by atoms with Crippen molar-refractivity contribution in [3.05, 3.63) is 29.1 Å². The van der Waals surface area contributed by atoms with Crippen LogP contribution in [0.2, 0.25) is 0 Å². The molecule has 0 aliphatic heterocycles. The second kappa shape index (κ2) is 12.0. The van der Waals surface area contributed by atoms with E-state index >= 15 is 0 Å². The number of pyridine rings is 1. The van der Waals surface area contributed by atoms with E-state index in [9.17, 15) is 35.2 Å². The lowest BCUT2D eigenvalue weighted by Crippen LogP contribution is -2.34. The van der Waals surface area contributed by atoms with E-state index < -0.39 is 46.2 Å². The number of carbonyl (C=O) groups is 1. The van der Waals surface area contributed by atoms with E-state index in [2.05, 4.69) is 20.1 Å². The van der Waals surface area contributed by atoms with Crippen molar-refractivity contribution in [2.45, 2.75) is 84.4 Å². The van der Waals surface area contributed by atoms with Gasteiger partial charge in [-0.1, -0.05) is 13.8 Å². The molecule has 0 radical (unpaired) electrons. The van der Waals surface area contributed by atoms with Gasteiger partial charge in [0.1, 0.15) is 9.84 Å². The molecule has 0 unspecified atom stereocenters. The number of nitrogens with one attached hydrogen (secondary N) is 1. The van der Waals surface area contributed by atoms with Gasteiger partial charge in [-0.2, -0.15) is 27.1 Å². The summed E-state index contributed by atoms with van der Waals surface area (Å²) in [6.45, 7) is 2.62. The Morgan fingerprint density at radius 2 is 1.80 bits per heavy atom. The average molecular weight is 595 g/mol. The second-order valence-electron chi connectivity index (χ2n) is 10.9. The van der Waals surface area contributed by atoms with Crippen LogP contribution in [0, 0.1) is 18.3 Å². The summed E-state index contributed by atoms with van der Waals surface area (Å²) in [5.74, 6) is -0.930. The fourth-order valence-corrected chi connectivity index (χ4v) is 6.04. The molecular weight excluding hydrogens is 559 g/mol. The van der Waals surface area contributed by atoms with Crippen LogP contribution in [0.3, 0.4) is 0 Å². The molecule has 40 heavy (non-hydrogen) atoms. The zero-order valence-corrected chi connectivity index (χ0v) is 23.9. The molecule has 14 heteroatoms. The topological polar surface area (TPSA) is 103 Å². The number of hydrogen-bond acceptors (Lipinski definition) is 6. The first-order valence-corrected chi connectivity index (χ1v) is 15.0. The SMILES string of the molecule is CCn1nc(C(=O)NC[C@H]2CC[C@H](S(C)(=O)=O)CC2)c(C)c1-c1ccc(CC(C)(C)C(F)(F)F)nc1OC(F)F. The molecule has 8 nitrogen and oxygen atoms in total. The number of rotatable bonds is 10. The molecule has 224 valence electrons. The summed E-state index contributed by atoms with van der Waals surface area (Å²) in [4.78, 5) is 17.0. The van der Waals surface area contributed by atoms with Crippen LogP contribution >= 0.6 is 0 Å². The van der Waals surface area contributed by atoms with Crippen LogP contribution in [0.4, 0.5) is 22.0 Å². The van der Waals surface area contributed by atoms with E-state index in [4.69, 9.17) is 0 Å². The second-order valence-corrected chi connectivity index (χ2v) is 13.2. The molecule has 3 rings (SSSR count). The van der Waals surface area contributed by atoms with Gasteiger partial charge in [0.2, 0.25) is 5.88 Å². The van der Waals surface area contributed by atoms with Crippen molar-refractivity contribution in [3.63, 3.8) is 0 Å². The number of aryl methyl sites for hydroxylation is 1. The first-order chi connectivity index (χ1) is 18.4. The molecule has 1 fully saturated rings. The van der Waals surface area contributed by atoms with Crippen LogP contribution in [-0.2, 0) is 22.8 Å². The average Bonchev–Trinajstić information content (AvgIpc) is 3.17. The number of ether oxygens (including phenoxy) is 1. The Hall–Kier alpha value is -2.77. The van der Waals surface area contributed by atoms with Crippen molar-refractivity contribution in [3.8, 4) is 17.1 Å². The summed E-state index contributed by atoms with van der Waals surface area (Å²) in [5.41, 5.74) is -1.45. The van der Waals surface area contributed by atoms with Crippen LogP contribution in [0.1, 0.15) is 68.2 Å². The summed E-state index contributed by atoms with van der Waals surface area (Å²) in [6, 6.07) is 2.67. The van der Waals surface area contributed by atoms with Crippen molar-refractivity contribution < 1.29 is 39.9 Å². The Morgan fingerprint density at radius 3 is 2.33 bits per heavy atom. The van der Waals surface area contributed by atoms with Gasteiger partial charge in [-0.15, -0.1) is 0 Å². The highest BCUT2D eigenvalue weighted by molar-refractivity contribution is 7.91. The van der Waals surface area contributed by atoms with Gasteiger partial charge in [-0.05, 0) is 57.6 Å². The van der Waals surface area contributed by atoms with Gasteiger partial charge in [-0.25, -0.2) is 13.4 Å². The molecule has 0 aromatic carbocycles. The van der Waals surface area contributed by atoms with Crippen LogP contribution in [0.15, 0.2) is 12.1 Å². The number of aromatic nitrogens is 3. The van der Waals surface area contributed by atoms with Gasteiger partial charge in [0.05, 0.1) is 21.9 Å². The quantitative estimate of drug-likeness (QED) is 0.373. The Balaban J connectivity index is 1.86. The van der Waals surface area contributed by atoms with E-state index in [0.29, 0.717) is 37.8 Å². The van der Waals surface area contributed by atoms with E-state index in [1.807, 2.05) is 0 Å². The summed E-state index contributed by atoms with van der Waals surface area (Å²) in [6.07, 6.45) is -1.49. The normalized spacial score (nSPS) is 18.7. The summed E-state index contributed by atoms with van der Waals surface area (Å²) in [5, 5.41) is 6.82. The minimum Gasteiger partial charge on any atom is -0.416 e. The monoisotopic (exact) mass is 594 g/mol. The highest BCUT2D eigenvalue weighted by atomic mass is 32.2. The van der Waals surface area contributed by atoms with Crippen LogP contribution in [0.5, 0.6) is 5.88 Å². The molecule has 2 aromatic heterocycles. The lowest BCUT2D eigenvalue weighted by molar-refractivity contribution is -0.211. The maximum atomic E-state index is 13.4. The Bertz CT molecular complexity index is 1320. The zero-order chi connectivity index (χ0) is 30.0. The van der Waals surface area contributed by atoms with Crippen LogP contribution in [-0.4, -0.2) is 59.9 Å². The van der Waals surface area contributed by atoms with Crippen LogP contribution in [0.25, 0.3) is 11.3 Å². The molecule has 2 heterocycles. The largest absolute Gasteiger partial charge is 0.416 e. The lowest BCUT2D eigenvalue weighted by Gasteiger charge is -2.27. The van der Waals surface area contributed by atoms with Gasteiger partial charge >= 0.3 is 12.8 Å². The molecular formula is C26H35F5N4O4S. The molecule has 1 amide bonds. The molecule has 0 atom stereocenters. The summed E-state index contributed by atoms with van der Waals surface area (Å²) < 4.78 is 96.4. The van der Waals surface area contributed by atoms with Crippen molar-refractivity contribution in [1.82, 2.24) is 20.1 Å². The van der Waals surface area contributed by atoms with Crippen molar-refractivity contribution in [1.29, 1.82) is 0 Å². The number of amides is 1. The van der Waals surface area contributed by atoms with E-state index in [0.717, 1.165) is 13.8 Å². The standard InChI is InChI=1S/C26H35F5N4O4S/c1-6-35-21(19-12-9-17(33-23(19)39-24(27)28)13-25(3,4)26(29,30)31)15(2)20(34-35)22(36)32-14-16-7-10-18(11-8-16)40(5,37)38/h9,12,16,18,24H,6-8,10-11,13-14H2,1-5H3,(H,32,36)/t16-,18-. The zero-order valence-electron chi connectivity index (χ0n) is 23.1. The molecule has 0 spiro atoms. The Kier molecular flexibility index (Phi) is 9.52. The summed E-state index contributed by atoms with van der Waals surface area (Å²) in [7, 11) is -3.10. The molecule has 1 aliphatic rings. The summed E-state index contributed by atoms with van der Waals surface area (Å²) >= 11 is 0. The number of carbonyl (C=O) groups excluding carboxylic acids is 1. The first kappa shape index (κ1) is 31.8. The maximum absolute atomic E-state index is 13.4. The number of hydrogen-bond donors (Lipinski definition) is 1. The lowest BCUT2D eigenvalue weighted by atomic mass is 9.87. The van der Waals surface area contributed by atoms with Gasteiger partial charge in [0, 0.05) is 37.0 Å². The molecule has 1 saturated carbocycles. The molecule has 2 aromatic rings. The van der Waals surface area contributed by atoms with Gasteiger partial charge in [0.25, 0.3) is 5.91 Å². The van der Waals surface area contributed by atoms with Crippen LogP contribution < -0.4 is 10.1 Å². The number of halogens is 5. The van der Waals surface area contributed by atoms with Crippen molar-refractivity contribution in [2.24, 2.45) is 11.3 Å². The highest BCUT2D eigenvalue weighted by Gasteiger charge is 2.47. The van der Waals surface area contributed by atoms with E-state index in [1.54, 1.807) is 13.8 Å². The Labute approximate surface area is 230 Å². The maximum Gasteiger partial charge on any atom is 0.394 e. The smallest absolute Gasteiger partial charge is 0.394 e. The predicted molar refractivity (Wildman–Crippen MR) is 139 cm³/mol. The fraction of sp³-hybridized carbons (Fsp3) is 0.654. The molecule has 1 aliphatic carbocycles. The number of alkyl halides is 5. The minimum atomic E-state index is -4.54.